The fourth-order valence-electron chi connectivity index (χ4n) is 5.07. The van der Waals surface area contributed by atoms with Gasteiger partial charge in [0.05, 0.1) is 18.2 Å². The fourth-order valence-corrected chi connectivity index (χ4v) is 5.35. The molecule has 2 saturated carbocycles. The van der Waals surface area contributed by atoms with E-state index in [9.17, 15) is 9.90 Å². The van der Waals surface area contributed by atoms with E-state index in [1.165, 1.54) is 12.8 Å². The molecule has 2 N–H and O–H groups in total. The number of rotatable bonds is 7. The first-order valence-electron chi connectivity index (χ1n) is 12.5. The average molecular weight is 501 g/mol. The van der Waals surface area contributed by atoms with Crippen LogP contribution in [0.3, 0.4) is 0 Å². The lowest BCUT2D eigenvalue weighted by Crippen LogP contribution is -2.39. The second-order valence-electron chi connectivity index (χ2n) is 10.1. The molecular formula is C26H33ClN4O4. The first kappa shape index (κ1) is 24.1. The van der Waals surface area contributed by atoms with Gasteiger partial charge in [0.25, 0.3) is 5.91 Å². The van der Waals surface area contributed by atoms with E-state index in [1.807, 2.05) is 6.07 Å². The third-order valence-electron chi connectivity index (χ3n) is 7.67. The van der Waals surface area contributed by atoms with Crippen LogP contribution in [0, 0.1) is 5.41 Å². The van der Waals surface area contributed by atoms with Crippen LogP contribution in [0.1, 0.15) is 67.3 Å². The maximum absolute atomic E-state index is 13.2. The molecule has 2 aromatic rings. The Morgan fingerprint density at radius 2 is 1.94 bits per heavy atom. The number of ether oxygens (including phenoxy) is 2. The highest BCUT2D eigenvalue weighted by molar-refractivity contribution is 6.32. The maximum Gasteiger partial charge on any atom is 0.258 e. The minimum absolute atomic E-state index is 0.0237. The van der Waals surface area contributed by atoms with E-state index < -0.39 is 0 Å². The van der Waals surface area contributed by atoms with Crippen molar-refractivity contribution in [1.29, 1.82) is 0 Å². The molecule has 0 unspecified atom stereocenters. The summed E-state index contributed by atoms with van der Waals surface area (Å²) in [4.78, 5) is 24.6. The molecule has 1 amide bonds. The SMILES string of the molecule is COc1ccc(COc2nc(N3CCC4(CC3)CC4)ncc2C(=O)N[C@H]2CC[C@H](O)CC2)cc1Cl. The molecule has 35 heavy (non-hydrogen) atoms. The Labute approximate surface area is 211 Å². The Hall–Kier alpha value is -2.58. The van der Waals surface area contributed by atoms with Crippen LogP contribution in [0.25, 0.3) is 0 Å². The van der Waals surface area contributed by atoms with Gasteiger partial charge in [0.15, 0.2) is 0 Å². The molecule has 3 aliphatic rings. The summed E-state index contributed by atoms with van der Waals surface area (Å²) in [6.45, 7) is 2.05. The van der Waals surface area contributed by atoms with Gasteiger partial charge in [-0.1, -0.05) is 17.7 Å². The summed E-state index contributed by atoms with van der Waals surface area (Å²) in [5.74, 6) is 1.20. The van der Waals surface area contributed by atoms with E-state index in [-0.39, 0.29) is 30.5 Å². The van der Waals surface area contributed by atoms with Gasteiger partial charge in [-0.2, -0.15) is 4.98 Å². The monoisotopic (exact) mass is 500 g/mol. The van der Waals surface area contributed by atoms with E-state index in [4.69, 9.17) is 26.1 Å². The minimum atomic E-state index is -0.277. The van der Waals surface area contributed by atoms with Gasteiger partial charge >= 0.3 is 0 Å². The summed E-state index contributed by atoms with van der Waals surface area (Å²) in [5, 5.41) is 13.3. The number of hydrogen-bond donors (Lipinski definition) is 2. The van der Waals surface area contributed by atoms with Gasteiger partial charge in [-0.25, -0.2) is 4.98 Å². The number of carbonyl (C=O) groups is 1. The number of hydrogen-bond acceptors (Lipinski definition) is 7. The summed E-state index contributed by atoms with van der Waals surface area (Å²) in [6.07, 6.45) is 9.17. The molecule has 1 saturated heterocycles. The Bertz CT molecular complexity index is 1060. The Balaban J connectivity index is 1.33. The number of methoxy groups -OCH3 is 1. The van der Waals surface area contributed by atoms with Crippen molar-refractivity contribution < 1.29 is 19.4 Å². The summed E-state index contributed by atoms with van der Waals surface area (Å²) < 4.78 is 11.3. The zero-order valence-electron chi connectivity index (χ0n) is 20.1. The molecule has 5 rings (SSSR count). The number of anilines is 1. The third-order valence-corrected chi connectivity index (χ3v) is 7.97. The molecule has 0 bridgehead atoms. The lowest BCUT2D eigenvalue weighted by atomic mass is 9.93. The van der Waals surface area contributed by atoms with Gasteiger partial charge in [-0.05, 0) is 74.5 Å². The Morgan fingerprint density at radius 1 is 1.20 bits per heavy atom. The molecule has 0 radical (unpaired) electrons. The topological polar surface area (TPSA) is 96.8 Å². The summed E-state index contributed by atoms with van der Waals surface area (Å²) in [5.41, 5.74) is 1.71. The molecule has 1 spiro atoms. The lowest BCUT2D eigenvalue weighted by molar-refractivity contribution is 0.0862. The van der Waals surface area contributed by atoms with E-state index in [2.05, 4.69) is 15.2 Å². The number of aliphatic hydroxyl groups excluding tert-OH is 1. The standard InChI is InChI=1S/C26H33ClN4O4/c1-34-22-7-2-17(14-21(22)27)16-35-24-20(23(33)29-18-3-5-19(32)6-4-18)15-28-25(30-24)31-12-10-26(8-9-26)11-13-31/h2,7,14-15,18-19,32H,3-6,8-13,16H2,1H3,(H,29,33)/t18-,19-. The van der Waals surface area contributed by atoms with Crippen LogP contribution in [-0.2, 0) is 6.61 Å². The van der Waals surface area contributed by atoms with Crippen molar-refractivity contribution in [1.82, 2.24) is 15.3 Å². The molecule has 1 aromatic carbocycles. The minimum Gasteiger partial charge on any atom is -0.495 e. The average Bonchev–Trinajstić information content (AvgIpc) is 3.63. The molecule has 9 heteroatoms. The van der Waals surface area contributed by atoms with Gasteiger partial charge < -0.3 is 24.8 Å². The highest BCUT2D eigenvalue weighted by Crippen LogP contribution is 2.53. The summed E-state index contributed by atoms with van der Waals surface area (Å²) >= 11 is 6.27. The van der Waals surface area contributed by atoms with Crippen molar-refractivity contribution in [3.8, 4) is 11.6 Å². The second kappa shape index (κ2) is 10.2. The number of aliphatic hydroxyl groups is 1. The Morgan fingerprint density at radius 3 is 2.60 bits per heavy atom. The van der Waals surface area contributed by atoms with E-state index in [0.29, 0.717) is 40.5 Å². The van der Waals surface area contributed by atoms with Crippen LogP contribution in [0.2, 0.25) is 5.02 Å². The normalized spacial score (nSPS) is 23.1. The summed E-state index contributed by atoms with van der Waals surface area (Å²) in [7, 11) is 1.57. The van der Waals surface area contributed by atoms with E-state index in [1.54, 1.807) is 25.4 Å². The number of carbonyl (C=O) groups excluding carboxylic acids is 1. The fraction of sp³-hybridized carbons (Fsp3) is 0.577. The number of nitrogens with one attached hydrogen (secondary N) is 1. The van der Waals surface area contributed by atoms with Crippen molar-refractivity contribution >= 4 is 23.5 Å². The number of nitrogens with zero attached hydrogens (tertiary/aromatic N) is 3. The van der Waals surface area contributed by atoms with Crippen LogP contribution < -0.4 is 19.7 Å². The van der Waals surface area contributed by atoms with Gasteiger partial charge in [0.1, 0.15) is 17.9 Å². The highest BCUT2D eigenvalue weighted by atomic mass is 35.5. The predicted octanol–water partition coefficient (Wildman–Crippen LogP) is 4.13. The smallest absolute Gasteiger partial charge is 0.258 e. The largest absolute Gasteiger partial charge is 0.495 e. The van der Waals surface area contributed by atoms with Gasteiger partial charge in [0.2, 0.25) is 11.8 Å². The quantitative estimate of drug-likeness (QED) is 0.590. The van der Waals surface area contributed by atoms with Crippen LogP contribution in [0.15, 0.2) is 24.4 Å². The molecule has 1 aromatic heterocycles. The molecule has 2 heterocycles. The number of piperidine rings is 1. The van der Waals surface area contributed by atoms with Crippen LogP contribution in [0.5, 0.6) is 11.6 Å². The molecule has 188 valence electrons. The zero-order valence-corrected chi connectivity index (χ0v) is 20.9. The first-order valence-corrected chi connectivity index (χ1v) is 12.9. The van der Waals surface area contributed by atoms with Gasteiger partial charge in [-0.15, -0.1) is 0 Å². The molecule has 2 aliphatic carbocycles. The lowest BCUT2D eigenvalue weighted by Gasteiger charge is -2.32. The van der Waals surface area contributed by atoms with Crippen LogP contribution in [0.4, 0.5) is 5.95 Å². The van der Waals surface area contributed by atoms with Crippen molar-refractivity contribution in [2.45, 2.75) is 70.1 Å². The second-order valence-corrected chi connectivity index (χ2v) is 10.5. The zero-order chi connectivity index (χ0) is 24.4. The highest BCUT2D eigenvalue weighted by Gasteiger charge is 2.44. The maximum atomic E-state index is 13.2. The van der Waals surface area contributed by atoms with E-state index in [0.717, 1.165) is 44.3 Å². The predicted molar refractivity (Wildman–Crippen MR) is 133 cm³/mol. The van der Waals surface area contributed by atoms with Gasteiger partial charge in [0, 0.05) is 25.3 Å². The first-order chi connectivity index (χ1) is 16.9. The van der Waals surface area contributed by atoms with Crippen molar-refractivity contribution in [2.75, 3.05) is 25.1 Å². The molecule has 0 atom stereocenters. The van der Waals surface area contributed by atoms with Gasteiger partial charge in [-0.3, -0.25) is 4.79 Å². The summed E-state index contributed by atoms with van der Waals surface area (Å²) in [6, 6.07) is 5.48. The van der Waals surface area contributed by atoms with Crippen molar-refractivity contribution in [2.24, 2.45) is 5.41 Å². The number of amides is 1. The molecule has 1 aliphatic heterocycles. The molecule has 3 fully saturated rings. The van der Waals surface area contributed by atoms with Crippen LogP contribution >= 0.6 is 11.6 Å². The molecule has 8 nitrogen and oxygen atoms in total. The number of halogens is 1. The van der Waals surface area contributed by atoms with E-state index >= 15 is 0 Å². The van der Waals surface area contributed by atoms with Crippen LogP contribution in [-0.4, -0.2) is 53.3 Å². The number of aromatic nitrogens is 2. The molecular weight excluding hydrogens is 468 g/mol. The Kier molecular flexibility index (Phi) is 7.02. The van der Waals surface area contributed by atoms with Crippen molar-refractivity contribution in [3.63, 3.8) is 0 Å². The number of benzene rings is 1. The third kappa shape index (κ3) is 5.64. The van der Waals surface area contributed by atoms with Crippen molar-refractivity contribution in [3.05, 3.63) is 40.5 Å².